The number of carbonyl (C=O) groups excluding carboxylic acids is 1. The van der Waals surface area contributed by atoms with E-state index in [0.717, 1.165) is 11.6 Å². The number of halogens is 2. The minimum atomic E-state index is -4.05. The number of hydrogen-bond donors (Lipinski definition) is 1. The molecule has 0 spiro atoms. The van der Waals surface area contributed by atoms with E-state index in [9.17, 15) is 22.0 Å². The lowest BCUT2D eigenvalue weighted by molar-refractivity contribution is 0.0732. The maximum atomic E-state index is 13.9. The minimum Gasteiger partial charge on any atom is -0.333 e. The van der Waals surface area contributed by atoms with Crippen LogP contribution in [-0.2, 0) is 16.6 Å². The number of sulfonamides is 1. The maximum absolute atomic E-state index is 13.9. The number of amides is 1. The number of rotatable bonds is 9. The Morgan fingerprint density at radius 2 is 1.65 bits per heavy atom. The van der Waals surface area contributed by atoms with Gasteiger partial charge in [-0.05, 0) is 74.6 Å². The summed E-state index contributed by atoms with van der Waals surface area (Å²) >= 11 is 0. The van der Waals surface area contributed by atoms with E-state index in [1.165, 1.54) is 36.4 Å². The van der Waals surface area contributed by atoms with Gasteiger partial charge in [-0.1, -0.05) is 24.3 Å². The first-order valence-electron chi connectivity index (χ1n) is 10.6. The van der Waals surface area contributed by atoms with E-state index in [-0.39, 0.29) is 34.4 Å². The van der Waals surface area contributed by atoms with Gasteiger partial charge in [-0.2, -0.15) is 0 Å². The molecule has 0 aliphatic heterocycles. The SMILES string of the molecule is Cc1ccc(S(=O)(=O)Nc2cccc(C(=O)N(CCN(C)C)Cc3ccc(F)cc3)c2)cc1F. The second-order valence-electron chi connectivity index (χ2n) is 8.25. The second kappa shape index (κ2) is 10.8. The first kappa shape index (κ1) is 25.3. The molecule has 1 amide bonds. The third-order valence-corrected chi connectivity index (χ3v) is 6.59. The first-order valence-corrected chi connectivity index (χ1v) is 12.1. The second-order valence-corrected chi connectivity index (χ2v) is 9.94. The van der Waals surface area contributed by atoms with Gasteiger partial charge in [-0.3, -0.25) is 9.52 Å². The molecular weight excluding hydrogens is 460 g/mol. The molecule has 0 heterocycles. The molecule has 0 saturated carbocycles. The minimum absolute atomic E-state index is 0.182. The van der Waals surface area contributed by atoms with Gasteiger partial charge in [-0.25, -0.2) is 17.2 Å². The Balaban J connectivity index is 1.83. The van der Waals surface area contributed by atoms with Crippen LogP contribution in [0.2, 0.25) is 0 Å². The molecule has 34 heavy (non-hydrogen) atoms. The van der Waals surface area contributed by atoms with Crippen LogP contribution in [0, 0.1) is 18.6 Å². The predicted octanol–water partition coefficient (Wildman–Crippen LogP) is 4.28. The van der Waals surface area contributed by atoms with Gasteiger partial charge in [0.2, 0.25) is 0 Å². The highest BCUT2D eigenvalue weighted by Crippen LogP contribution is 2.20. The van der Waals surface area contributed by atoms with Crippen LogP contribution in [0.25, 0.3) is 0 Å². The van der Waals surface area contributed by atoms with Crippen molar-refractivity contribution in [2.75, 3.05) is 31.9 Å². The summed E-state index contributed by atoms with van der Waals surface area (Å²) in [7, 11) is -0.261. The molecule has 0 bridgehead atoms. The van der Waals surface area contributed by atoms with E-state index in [0.29, 0.717) is 18.7 Å². The van der Waals surface area contributed by atoms with E-state index in [2.05, 4.69) is 4.72 Å². The number of aryl methyl sites for hydroxylation is 1. The Morgan fingerprint density at radius 3 is 2.29 bits per heavy atom. The van der Waals surface area contributed by atoms with E-state index in [1.54, 1.807) is 36.1 Å². The largest absolute Gasteiger partial charge is 0.333 e. The third-order valence-electron chi connectivity index (χ3n) is 5.21. The zero-order valence-electron chi connectivity index (χ0n) is 19.3. The number of anilines is 1. The summed E-state index contributed by atoms with van der Waals surface area (Å²) in [4.78, 5) is 16.7. The molecule has 0 unspecified atom stereocenters. The summed E-state index contributed by atoms with van der Waals surface area (Å²) in [6.07, 6.45) is 0. The van der Waals surface area contributed by atoms with E-state index in [4.69, 9.17) is 0 Å². The zero-order valence-corrected chi connectivity index (χ0v) is 20.1. The monoisotopic (exact) mass is 487 g/mol. The summed E-state index contributed by atoms with van der Waals surface area (Å²) in [5.41, 5.74) is 1.58. The van der Waals surface area contributed by atoms with Crippen molar-refractivity contribution in [3.63, 3.8) is 0 Å². The smallest absolute Gasteiger partial charge is 0.261 e. The summed E-state index contributed by atoms with van der Waals surface area (Å²) in [6.45, 7) is 2.84. The zero-order chi connectivity index (χ0) is 24.9. The molecule has 1 N–H and O–H groups in total. The van der Waals surface area contributed by atoms with Crippen LogP contribution in [-0.4, -0.2) is 51.3 Å². The Morgan fingerprint density at radius 1 is 0.941 bits per heavy atom. The lowest BCUT2D eigenvalue weighted by Gasteiger charge is -2.25. The number of likely N-dealkylation sites (N-methyl/N-ethyl adjacent to an activating group) is 1. The fourth-order valence-corrected chi connectivity index (χ4v) is 4.30. The highest BCUT2D eigenvalue weighted by Gasteiger charge is 2.19. The van der Waals surface area contributed by atoms with Crippen LogP contribution in [0.4, 0.5) is 14.5 Å². The molecular formula is C25H27F2N3O3S. The topological polar surface area (TPSA) is 69.7 Å². The normalized spacial score (nSPS) is 11.5. The summed E-state index contributed by atoms with van der Waals surface area (Å²) in [6, 6.07) is 15.7. The van der Waals surface area contributed by atoms with E-state index in [1.807, 2.05) is 19.0 Å². The van der Waals surface area contributed by atoms with Gasteiger partial charge >= 0.3 is 0 Å². The molecule has 3 aromatic carbocycles. The molecule has 0 aliphatic rings. The van der Waals surface area contributed by atoms with Crippen LogP contribution in [0.15, 0.2) is 71.6 Å². The molecule has 0 aliphatic carbocycles. The molecule has 0 aromatic heterocycles. The van der Waals surface area contributed by atoms with Crippen LogP contribution < -0.4 is 4.72 Å². The number of carbonyl (C=O) groups is 1. The Hall–Kier alpha value is -3.30. The molecule has 6 nitrogen and oxygen atoms in total. The van der Waals surface area contributed by atoms with Crippen LogP contribution in [0.5, 0.6) is 0 Å². The first-order chi connectivity index (χ1) is 16.0. The average Bonchev–Trinajstić information content (AvgIpc) is 2.79. The van der Waals surface area contributed by atoms with Crippen molar-refractivity contribution >= 4 is 21.6 Å². The Labute approximate surface area is 198 Å². The van der Waals surface area contributed by atoms with E-state index < -0.39 is 15.8 Å². The van der Waals surface area contributed by atoms with Gasteiger partial charge in [0.1, 0.15) is 11.6 Å². The highest BCUT2D eigenvalue weighted by molar-refractivity contribution is 7.92. The van der Waals surface area contributed by atoms with Crippen molar-refractivity contribution in [1.82, 2.24) is 9.80 Å². The molecule has 0 saturated heterocycles. The number of benzene rings is 3. The van der Waals surface area contributed by atoms with Gasteiger partial charge in [-0.15, -0.1) is 0 Å². The Kier molecular flexibility index (Phi) is 8.01. The lowest BCUT2D eigenvalue weighted by Crippen LogP contribution is -2.36. The molecule has 0 atom stereocenters. The van der Waals surface area contributed by atoms with E-state index >= 15 is 0 Å². The van der Waals surface area contributed by atoms with Gasteiger partial charge in [0.15, 0.2) is 0 Å². The van der Waals surface area contributed by atoms with Crippen LogP contribution in [0.1, 0.15) is 21.5 Å². The van der Waals surface area contributed by atoms with Crippen LogP contribution in [0.3, 0.4) is 0 Å². The van der Waals surface area contributed by atoms with Gasteiger partial charge in [0, 0.05) is 30.9 Å². The fraction of sp³-hybridized carbons (Fsp3) is 0.240. The standard InChI is InChI=1S/C25H27F2N3O3S/c1-18-7-12-23(16-24(18)27)34(32,33)28-22-6-4-5-20(15-22)25(31)30(14-13-29(2)3)17-19-8-10-21(26)11-9-19/h4-12,15-16,28H,13-14,17H2,1-3H3. The van der Waals surface area contributed by atoms with Gasteiger partial charge in [0.25, 0.3) is 15.9 Å². The van der Waals surface area contributed by atoms with Crippen molar-refractivity contribution in [2.24, 2.45) is 0 Å². The maximum Gasteiger partial charge on any atom is 0.261 e. The number of nitrogens with one attached hydrogen (secondary N) is 1. The summed E-state index contributed by atoms with van der Waals surface area (Å²) < 4.78 is 55.0. The van der Waals surface area contributed by atoms with Crippen molar-refractivity contribution in [2.45, 2.75) is 18.4 Å². The number of hydrogen-bond acceptors (Lipinski definition) is 4. The summed E-state index contributed by atoms with van der Waals surface area (Å²) in [5.74, 6) is -1.28. The van der Waals surface area contributed by atoms with Crippen LogP contribution >= 0.6 is 0 Å². The lowest BCUT2D eigenvalue weighted by atomic mass is 10.1. The van der Waals surface area contributed by atoms with Crippen molar-refractivity contribution < 1.29 is 22.0 Å². The molecule has 180 valence electrons. The molecule has 0 fully saturated rings. The average molecular weight is 488 g/mol. The number of nitrogens with zero attached hydrogens (tertiary/aromatic N) is 2. The van der Waals surface area contributed by atoms with Gasteiger partial charge in [0.05, 0.1) is 4.90 Å². The quantitative estimate of drug-likeness (QED) is 0.489. The Bertz CT molecular complexity index is 1260. The van der Waals surface area contributed by atoms with Crippen molar-refractivity contribution in [1.29, 1.82) is 0 Å². The molecule has 9 heteroatoms. The third kappa shape index (κ3) is 6.61. The summed E-state index contributed by atoms with van der Waals surface area (Å²) in [5, 5.41) is 0. The van der Waals surface area contributed by atoms with Crippen molar-refractivity contribution in [3.8, 4) is 0 Å². The molecule has 0 radical (unpaired) electrons. The molecule has 3 aromatic rings. The predicted molar refractivity (Wildman–Crippen MR) is 128 cm³/mol. The molecule has 3 rings (SSSR count). The van der Waals surface area contributed by atoms with Gasteiger partial charge < -0.3 is 9.80 Å². The fourth-order valence-electron chi connectivity index (χ4n) is 3.24. The van der Waals surface area contributed by atoms with Crippen molar-refractivity contribution in [3.05, 3.63) is 95.1 Å². The highest BCUT2D eigenvalue weighted by atomic mass is 32.2.